The first-order valence-electron chi connectivity index (χ1n) is 11.2. The van der Waals surface area contributed by atoms with Crippen LogP contribution in [0.1, 0.15) is 47.7 Å². The summed E-state index contributed by atoms with van der Waals surface area (Å²) in [6.45, 7) is 4.56. The summed E-state index contributed by atoms with van der Waals surface area (Å²) in [6, 6.07) is 11.8. The Morgan fingerprint density at radius 3 is 2.64 bits per heavy atom. The molecule has 7 nitrogen and oxygen atoms in total. The molecule has 2 saturated heterocycles. The number of nitrogens with one attached hydrogen (secondary N) is 1. The van der Waals surface area contributed by atoms with Gasteiger partial charge >= 0.3 is 5.97 Å². The van der Waals surface area contributed by atoms with Gasteiger partial charge in [-0.15, -0.1) is 5.06 Å². The summed E-state index contributed by atoms with van der Waals surface area (Å²) in [7, 11) is 0. The zero-order valence-corrected chi connectivity index (χ0v) is 18.9. The molecule has 1 spiro atoms. The molecule has 2 heterocycles. The average Bonchev–Trinajstić information content (AvgIpc) is 3.12. The number of carbonyl (C=O) groups excluding carboxylic acids is 2. The van der Waals surface area contributed by atoms with E-state index >= 15 is 0 Å². The second kappa shape index (κ2) is 9.99. The number of nitrogens with zero attached hydrogens (tertiary/aromatic N) is 1. The number of halogens is 1. The molecule has 0 aliphatic carbocycles. The van der Waals surface area contributed by atoms with Gasteiger partial charge < -0.3 is 19.6 Å². The minimum absolute atomic E-state index is 0.192. The van der Waals surface area contributed by atoms with E-state index in [4.69, 9.17) is 14.3 Å². The van der Waals surface area contributed by atoms with Crippen LogP contribution < -0.4 is 5.32 Å². The van der Waals surface area contributed by atoms with Crippen LogP contribution in [0.2, 0.25) is 0 Å². The predicted molar refractivity (Wildman–Crippen MR) is 120 cm³/mol. The molecule has 8 heteroatoms. The van der Waals surface area contributed by atoms with Crippen molar-refractivity contribution in [3.8, 4) is 0 Å². The Hall–Kier alpha value is -2.81. The zero-order valence-electron chi connectivity index (χ0n) is 18.9. The predicted octanol–water partition coefficient (Wildman–Crippen LogP) is 4.00. The van der Waals surface area contributed by atoms with E-state index in [1.54, 1.807) is 42.3 Å². The minimum atomic E-state index is -0.717. The number of carbonyl (C=O) groups is 2. The van der Waals surface area contributed by atoms with Gasteiger partial charge in [0.05, 0.1) is 31.4 Å². The first-order chi connectivity index (χ1) is 15.9. The molecule has 0 aromatic heterocycles. The lowest BCUT2D eigenvalue weighted by Gasteiger charge is -2.39. The van der Waals surface area contributed by atoms with E-state index in [1.807, 2.05) is 6.07 Å². The molecule has 0 radical (unpaired) electrons. The molecular weight excluding hydrogens is 427 g/mol. The second-order valence-electron chi connectivity index (χ2n) is 8.56. The van der Waals surface area contributed by atoms with E-state index in [2.05, 4.69) is 5.32 Å². The maximum absolute atomic E-state index is 14.4. The zero-order chi connectivity index (χ0) is 23.4. The summed E-state index contributed by atoms with van der Waals surface area (Å²) >= 11 is 0. The molecule has 1 atom stereocenters. The Morgan fingerprint density at radius 2 is 1.94 bits per heavy atom. The highest BCUT2D eigenvalue weighted by Gasteiger charge is 2.51. The molecule has 2 aromatic rings. The van der Waals surface area contributed by atoms with Crippen LogP contribution >= 0.6 is 0 Å². The molecule has 33 heavy (non-hydrogen) atoms. The van der Waals surface area contributed by atoms with Crippen LogP contribution in [0.3, 0.4) is 0 Å². The lowest BCUT2D eigenvalue weighted by Crippen LogP contribution is -2.52. The Kier molecular flexibility index (Phi) is 7.07. The van der Waals surface area contributed by atoms with Gasteiger partial charge in [0.25, 0.3) is 0 Å². The van der Waals surface area contributed by atoms with E-state index in [-0.39, 0.29) is 17.8 Å². The van der Waals surface area contributed by atoms with E-state index in [9.17, 15) is 14.0 Å². The van der Waals surface area contributed by atoms with Crippen molar-refractivity contribution in [2.45, 2.75) is 51.3 Å². The van der Waals surface area contributed by atoms with Crippen molar-refractivity contribution in [3.05, 3.63) is 65.0 Å². The van der Waals surface area contributed by atoms with Gasteiger partial charge in [-0.25, -0.2) is 9.18 Å². The van der Waals surface area contributed by atoms with E-state index in [0.29, 0.717) is 62.3 Å². The van der Waals surface area contributed by atoms with Gasteiger partial charge in [-0.2, -0.15) is 0 Å². The summed E-state index contributed by atoms with van der Waals surface area (Å²) in [5, 5.41) is 4.35. The lowest BCUT2D eigenvalue weighted by molar-refractivity contribution is -0.259. The molecule has 0 saturated carbocycles. The molecule has 0 bridgehead atoms. The molecule has 2 aromatic carbocycles. The van der Waals surface area contributed by atoms with Gasteiger partial charge in [0.2, 0.25) is 5.91 Å². The summed E-state index contributed by atoms with van der Waals surface area (Å²) in [6.07, 6.45) is 2.32. The van der Waals surface area contributed by atoms with Crippen LogP contribution in [0.25, 0.3) is 0 Å². The minimum Gasteiger partial charge on any atom is -0.381 e. The number of hydrogen-bond donors (Lipinski definition) is 1. The number of rotatable bonds is 6. The van der Waals surface area contributed by atoms with E-state index in [1.165, 1.54) is 13.0 Å². The lowest BCUT2D eigenvalue weighted by atomic mass is 9.98. The standard InChI is InChI=1S/C25H29FN2O5/c1-17-20(14-21(15-23(17)26)27-18(2)29)8-9-22-16-32-25(10-12-31-13-11-25)28(22)33-24(30)19-6-4-3-5-7-19/h3-7,14-15,22H,8-13,16H2,1-2H3,(H,27,29)/t22-/m0/s1. The number of amides is 1. The smallest absolute Gasteiger partial charge is 0.357 e. The monoisotopic (exact) mass is 456 g/mol. The van der Waals surface area contributed by atoms with Crippen LogP contribution in [0.5, 0.6) is 0 Å². The quantitative estimate of drug-likeness (QED) is 0.708. The van der Waals surface area contributed by atoms with Crippen molar-refractivity contribution < 1.29 is 28.3 Å². The molecule has 4 rings (SSSR count). The van der Waals surface area contributed by atoms with Gasteiger partial charge in [0, 0.05) is 25.5 Å². The molecule has 1 amide bonds. The highest BCUT2D eigenvalue weighted by atomic mass is 19.1. The van der Waals surface area contributed by atoms with Gasteiger partial charge in [-0.1, -0.05) is 18.2 Å². The Balaban J connectivity index is 1.53. The topological polar surface area (TPSA) is 77.1 Å². The van der Waals surface area contributed by atoms with E-state index in [0.717, 1.165) is 5.56 Å². The number of aryl methyl sites for hydroxylation is 1. The fraction of sp³-hybridized carbons (Fsp3) is 0.440. The molecule has 2 aliphatic heterocycles. The SMILES string of the molecule is CC(=O)Nc1cc(F)c(C)c(CC[C@H]2COC3(CCOCC3)N2OC(=O)c2ccccc2)c1. The molecular formula is C25H29FN2O5. The number of hydroxylamine groups is 2. The van der Waals surface area contributed by atoms with Crippen molar-refractivity contribution >= 4 is 17.6 Å². The van der Waals surface area contributed by atoms with Crippen molar-refractivity contribution in [3.63, 3.8) is 0 Å². The number of anilines is 1. The third-order valence-electron chi connectivity index (χ3n) is 6.26. The molecule has 2 aliphatic rings. The van der Waals surface area contributed by atoms with Gasteiger partial charge in [0.15, 0.2) is 5.72 Å². The van der Waals surface area contributed by atoms with Crippen molar-refractivity contribution in [2.75, 3.05) is 25.1 Å². The summed E-state index contributed by atoms with van der Waals surface area (Å²) in [5.74, 6) is -1.06. The van der Waals surface area contributed by atoms with Crippen LogP contribution in [-0.2, 0) is 25.5 Å². The van der Waals surface area contributed by atoms with Gasteiger partial charge in [0.1, 0.15) is 5.82 Å². The highest BCUT2D eigenvalue weighted by Crippen LogP contribution is 2.38. The molecule has 176 valence electrons. The fourth-order valence-electron chi connectivity index (χ4n) is 4.44. The number of ether oxygens (including phenoxy) is 2. The largest absolute Gasteiger partial charge is 0.381 e. The van der Waals surface area contributed by atoms with Crippen LogP contribution in [-0.4, -0.2) is 48.5 Å². The normalized spacial score (nSPS) is 20.0. The third kappa shape index (κ3) is 5.24. The summed E-state index contributed by atoms with van der Waals surface area (Å²) in [4.78, 5) is 30.2. The van der Waals surface area contributed by atoms with Crippen molar-refractivity contribution in [1.29, 1.82) is 0 Å². The highest BCUT2D eigenvalue weighted by molar-refractivity contribution is 5.89. The Bertz CT molecular complexity index is 1010. The second-order valence-corrected chi connectivity index (χ2v) is 8.56. The van der Waals surface area contributed by atoms with Crippen LogP contribution in [0.4, 0.5) is 10.1 Å². The molecule has 1 N–H and O–H groups in total. The first kappa shape index (κ1) is 23.4. The molecule has 2 fully saturated rings. The Labute approximate surface area is 192 Å². The summed E-state index contributed by atoms with van der Waals surface area (Å²) < 4.78 is 26.2. The first-order valence-corrected chi connectivity index (χ1v) is 11.2. The van der Waals surface area contributed by atoms with Crippen molar-refractivity contribution in [2.24, 2.45) is 0 Å². The Morgan fingerprint density at radius 1 is 1.21 bits per heavy atom. The van der Waals surface area contributed by atoms with Gasteiger partial charge in [-0.3, -0.25) is 4.79 Å². The maximum atomic E-state index is 14.4. The molecule has 0 unspecified atom stereocenters. The van der Waals surface area contributed by atoms with Gasteiger partial charge in [-0.05, 0) is 55.2 Å². The van der Waals surface area contributed by atoms with Crippen LogP contribution in [0, 0.1) is 12.7 Å². The summed E-state index contributed by atoms with van der Waals surface area (Å²) in [5.41, 5.74) is 1.51. The maximum Gasteiger partial charge on any atom is 0.357 e. The van der Waals surface area contributed by atoms with Crippen molar-refractivity contribution in [1.82, 2.24) is 5.06 Å². The number of benzene rings is 2. The number of hydrogen-bond acceptors (Lipinski definition) is 6. The van der Waals surface area contributed by atoms with E-state index < -0.39 is 11.7 Å². The average molecular weight is 457 g/mol. The van der Waals surface area contributed by atoms with Crippen LogP contribution in [0.15, 0.2) is 42.5 Å². The third-order valence-corrected chi connectivity index (χ3v) is 6.26. The fourth-order valence-corrected chi connectivity index (χ4v) is 4.44.